The van der Waals surface area contributed by atoms with Crippen LogP contribution in [0, 0.1) is 30.5 Å². The van der Waals surface area contributed by atoms with Crippen molar-refractivity contribution in [2.75, 3.05) is 0 Å². The number of aryl methyl sites for hydroxylation is 1. The minimum absolute atomic E-state index is 0.229. The highest BCUT2D eigenvalue weighted by atomic mass is 32.1. The molecule has 1 nitrogen and oxygen atoms in total. The molecule has 0 spiro atoms. The second kappa shape index (κ2) is 8.41. The van der Waals surface area contributed by atoms with Gasteiger partial charge in [-0.1, -0.05) is 37.7 Å². The van der Waals surface area contributed by atoms with Crippen LogP contribution >= 0.6 is 12.2 Å². The highest BCUT2D eigenvalue weighted by molar-refractivity contribution is 7.78. The topological polar surface area (TPSA) is 12.4 Å². The Balaban J connectivity index is 1.78. The summed E-state index contributed by atoms with van der Waals surface area (Å²) in [5.41, 5.74) is 4.13. The number of halogens is 1. The number of nitrogens with zero attached hydrogens (tertiary/aromatic N) is 1. The Morgan fingerprint density at radius 3 is 2.46 bits per heavy atom. The summed E-state index contributed by atoms with van der Waals surface area (Å²) in [7, 11) is 0. The standard InChI is InChI=1S/C23H22FNS/c1-16-3-7-19(8-4-16)21-11-10-20(22(24)14-21)9-5-18-6-12-23(25-15-26)17(2)13-18/h6,10-14,16,19H,3-4,7-8H2,1-2H3. The van der Waals surface area contributed by atoms with E-state index in [1.54, 1.807) is 6.07 Å². The lowest BCUT2D eigenvalue weighted by Gasteiger charge is -2.26. The van der Waals surface area contributed by atoms with Crippen LogP contribution in [0.2, 0.25) is 0 Å². The summed E-state index contributed by atoms with van der Waals surface area (Å²) in [6, 6.07) is 11.2. The van der Waals surface area contributed by atoms with Crippen molar-refractivity contribution in [1.29, 1.82) is 0 Å². The molecule has 1 aliphatic rings. The lowest BCUT2D eigenvalue weighted by atomic mass is 9.79. The van der Waals surface area contributed by atoms with Gasteiger partial charge in [-0.2, -0.15) is 4.99 Å². The molecule has 0 amide bonds. The van der Waals surface area contributed by atoms with E-state index in [1.807, 2.05) is 37.3 Å². The van der Waals surface area contributed by atoms with E-state index in [9.17, 15) is 4.39 Å². The quantitative estimate of drug-likeness (QED) is 0.334. The molecule has 0 atom stereocenters. The Morgan fingerprint density at radius 1 is 1.04 bits per heavy atom. The van der Waals surface area contributed by atoms with E-state index in [0.29, 0.717) is 11.5 Å². The first-order chi connectivity index (χ1) is 12.6. The monoisotopic (exact) mass is 363 g/mol. The first kappa shape index (κ1) is 18.5. The smallest absolute Gasteiger partial charge is 0.139 e. The van der Waals surface area contributed by atoms with Gasteiger partial charge in [0, 0.05) is 5.56 Å². The van der Waals surface area contributed by atoms with Crippen molar-refractivity contribution in [1.82, 2.24) is 0 Å². The van der Waals surface area contributed by atoms with Crippen molar-refractivity contribution in [3.8, 4) is 11.8 Å². The summed E-state index contributed by atoms with van der Waals surface area (Å²) in [5, 5.41) is 2.37. The second-order valence-electron chi connectivity index (χ2n) is 7.15. The number of aliphatic imine (C=N–C) groups is 1. The maximum absolute atomic E-state index is 14.5. The van der Waals surface area contributed by atoms with Crippen LogP contribution in [0.4, 0.5) is 10.1 Å². The van der Waals surface area contributed by atoms with E-state index in [2.05, 4.69) is 41.1 Å². The summed E-state index contributed by atoms with van der Waals surface area (Å²) in [6.45, 7) is 4.24. The lowest BCUT2D eigenvalue weighted by molar-refractivity contribution is 0.347. The predicted octanol–water partition coefficient (Wildman–Crippen LogP) is 6.56. The Labute approximate surface area is 160 Å². The van der Waals surface area contributed by atoms with Gasteiger partial charge in [-0.15, -0.1) is 0 Å². The lowest BCUT2D eigenvalue weighted by Crippen LogP contribution is -2.11. The SMILES string of the molecule is Cc1cc(C#Cc2ccc(C3CCC(C)CC3)cc2F)ccc1N=C=S. The van der Waals surface area contributed by atoms with Crippen LogP contribution in [-0.4, -0.2) is 5.16 Å². The highest BCUT2D eigenvalue weighted by Crippen LogP contribution is 2.35. The molecule has 0 aliphatic heterocycles. The maximum Gasteiger partial charge on any atom is 0.139 e. The van der Waals surface area contributed by atoms with E-state index in [-0.39, 0.29) is 5.82 Å². The molecule has 0 N–H and O–H groups in total. The first-order valence-electron chi connectivity index (χ1n) is 9.07. The Kier molecular flexibility index (Phi) is 5.99. The third-order valence-corrected chi connectivity index (χ3v) is 5.28. The van der Waals surface area contributed by atoms with Gasteiger partial charge in [-0.3, -0.25) is 0 Å². The predicted molar refractivity (Wildman–Crippen MR) is 109 cm³/mol. The van der Waals surface area contributed by atoms with Crippen molar-refractivity contribution in [2.45, 2.75) is 45.4 Å². The Hall–Kier alpha value is -2.27. The molecule has 132 valence electrons. The van der Waals surface area contributed by atoms with Crippen LogP contribution in [0.25, 0.3) is 0 Å². The van der Waals surface area contributed by atoms with Crippen LogP contribution in [0.3, 0.4) is 0 Å². The van der Waals surface area contributed by atoms with E-state index >= 15 is 0 Å². The average molecular weight is 364 g/mol. The molecule has 0 saturated heterocycles. The van der Waals surface area contributed by atoms with Gasteiger partial charge >= 0.3 is 0 Å². The van der Waals surface area contributed by atoms with Crippen molar-refractivity contribution in [3.05, 3.63) is 64.5 Å². The van der Waals surface area contributed by atoms with Crippen LogP contribution in [0.1, 0.15) is 60.8 Å². The fourth-order valence-electron chi connectivity index (χ4n) is 3.53. The third kappa shape index (κ3) is 4.47. The van der Waals surface area contributed by atoms with Gasteiger partial charge in [-0.05, 0) is 85.3 Å². The zero-order valence-corrected chi connectivity index (χ0v) is 16.0. The van der Waals surface area contributed by atoms with Gasteiger partial charge in [0.1, 0.15) is 5.82 Å². The van der Waals surface area contributed by atoms with Gasteiger partial charge in [0.2, 0.25) is 0 Å². The molecule has 1 fully saturated rings. The minimum atomic E-state index is -0.229. The Morgan fingerprint density at radius 2 is 1.81 bits per heavy atom. The summed E-state index contributed by atoms with van der Waals surface area (Å²) >= 11 is 4.63. The molecule has 3 heteroatoms. The molecule has 0 unspecified atom stereocenters. The van der Waals surface area contributed by atoms with Crippen molar-refractivity contribution < 1.29 is 4.39 Å². The maximum atomic E-state index is 14.5. The molecule has 2 aromatic rings. The third-order valence-electron chi connectivity index (χ3n) is 5.18. The van der Waals surface area contributed by atoms with E-state index in [0.717, 1.165) is 41.1 Å². The molecule has 0 radical (unpaired) electrons. The summed E-state index contributed by atoms with van der Waals surface area (Å²) in [4.78, 5) is 4.00. The van der Waals surface area contributed by atoms with Crippen LogP contribution < -0.4 is 0 Å². The molecular formula is C23H22FNS. The molecule has 3 rings (SSSR count). The molecule has 26 heavy (non-hydrogen) atoms. The zero-order valence-electron chi connectivity index (χ0n) is 15.2. The van der Waals surface area contributed by atoms with Gasteiger partial charge in [0.25, 0.3) is 0 Å². The van der Waals surface area contributed by atoms with Gasteiger partial charge < -0.3 is 0 Å². The largest absolute Gasteiger partial charge is 0.206 e. The van der Waals surface area contributed by atoms with Gasteiger partial charge in [0.05, 0.1) is 16.4 Å². The number of hydrogen-bond donors (Lipinski definition) is 0. The molecule has 0 aromatic heterocycles. The molecular weight excluding hydrogens is 341 g/mol. The van der Waals surface area contributed by atoms with Gasteiger partial charge in [0.15, 0.2) is 0 Å². The highest BCUT2D eigenvalue weighted by Gasteiger charge is 2.20. The molecule has 0 heterocycles. The summed E-state index contributed by atoms with van der Waals surface area (Å²) < 4.78 is 14.5. The normalized spacial score (nSPS) is 19.2. The second-order valence-corrected chi connectivity index (χ2v) is 7.33. The molecule has 1 aliphatic carbocycles. The fourth-order valence-corrected chi connectivity index (χ4v) is 3.63. The van der Waals surface area contributed by atoms with Crippen LogP contribution in [-0.2, 0) is 0 Å². The van der Waals surface area contributed by atoms with Crippen LogP contribution in [0.5, 0.6) is 0 Å². The van der Waals surface area contributed by atoms with E-state index in [4.69, 9.17) is 0 Å². The number of benzene rings is 2. The van der Waals surface area contributed by atoms with Gasteiger partial charge in [-0.25, -0.2) is 4.39 Å². The summed E-state index contributed by atoms with van der Waals surface area (Å²) in [6.07, 6.45) is 4.77. The number of hydrogen-bond acceptors (Lipinski definition) is 2. The van der Waals surface area contributed by atoms with E-state index < -0.39 is 0 Å². The summed E-state index contributed by atoms with van der Waals surface area (Å²) in [5.74, 6) is 7.05. The number of isothiocyanates is 1. The van der Waals surface area contributed by atoms with Crippen molar-refractivity contribution in [2.24, 2.45) is 10.9 Å². The number of rotatable bonds is 2. The number of thiocarbonyl (C=S) groups is 1. The minimum Gasteiger partial charge on any atom is -0.206 e. The van der Waals surface area contributed by atoms with Crippen molar-refractivity contribution in [3.63, 3.8) is 0 Å². The molecule has 1 saturated carbocycles. The average Bonchev–Trinajstić information content (AvgIpc) is 2.63. The fraction of sp³-hybridized carbons (Fsp3) is 0.348. The molecule has 0 bridgehead atoms. The molecule has 2 aromatic carbocycles. The zero-order chi connectivity index (χ0) is 18.5. The van der Waals surface area contributed by atoms with Crippen molar-refractivity contribution >= 4 is 23.1 Å². The first-order valence-corrected chi connectivity index (χ1v) is 9.47. The van der Waals surface area contributed by atoms with Crippen LogP contribution in [0.15, 0.2) is 41.4 Å². The Bertz CT molecular complexity index is 908. The van der Waals surface area contributed by atoms with E-state index in [1.165, 1.54) is 12.8 Å².